The highest BCUT2D eigenvalue weighted by molar-refractivity contribution is 7.99. The molecule has 112 valence electrons. The molecule has 0 unspecified atom stereocenters. The van der Waals surface area contributed by atoms with Gasteiger partial charge in [0.15, 0.2) is 0 Å². The Morgan fingerprint density at radius 1 is 1.14 bits per heavy atom. The number of sulfonamides is 1. The van der Waals surface area contributed by atoms with E-state index in [2.05, 4.69) is 0 Å². The minimum Gasteiger partial charge on any atom is -0.398 e. The van der Waals surface area contributed by atoms with Crippen molar-refractivity contribution in [3.8, 4) is 0 Å². The SMILES string of the molecule is CN(C)S(=O)(=O)c1ccc(N)c(Sc2cccc(F)c2)c1. The molecule has 4 nitrogen and oxygen atoms in total. The fourth-order valence-corrected chi connectivity index (χ4v) is 3.58. The monoisotopic (exact) mass is 326 g/mol. The summed E-state index contributed by atoms with van der Waals surface area (Å²) in [6.07, 6.45) is 0. The summed E-state index contributed by atoms with van der Waals surface area (Å²) in [7, 11) is -0.599. The molecule has 2 N–H and O–H groups in total. The van der Waals surface area contributed by atoms with Gasteiger partial charge in [-0.1, -0.05) is 17.8 Å². The second-order valence-corrected chi connectivity index (χ2v) is 7.81. The molecule has 0 aromatic heterocycles. The third-order valence-electron chi connectivity index (χ3n) is 2.79. The first-order chi connectivity index (χ1) is 9.80. The van der Waals surface area contributed by atoms with E-state index < -0.39 is 10.0 Å². The average Bonchev–Trinajstić information content (AvgIpc) is 2.41. The summed E-state index contributed by atoms with van der Waals surface area (Å²) in [4.78, 5) is 1.38. The Morgan fingerprint density at radius 3 is 2.48 bits per heavy atom. The highest BCUT2D eigenvalue weighted by atomic mass is 32.2. The third kappa shape index (κ3) is 3.55. The van der Waals surface area contributed by atoms with Crippen molar-refractivity contribution in [2.24, 2.45) is 0 Å². The van der Waals surface area contributed by atoms with Crippen LogP contribution in [0.5, 0.6) is 0 Å². The number of hydrogen-bond donors (Lipinski definition) is 1. The molecule has 0 saturated heterocycles. The number of nitrogens with two attached hydrogens (primary N) is 1. The zero-order valence-corrected chi connectivity index (χ0v) is 13.2. The molecule has 0 fully saturated rings. The lowest BCUT2D eigenvalue weighted by molar-refractivity contribution is 0.520. The van der Waals surface area contributed by atoms with Gasteiger partial charge >= 0.3 is 0 Å². The lowest BCUT2D eigenvalue weighted by Crippen LogP contribution is -2.22. The van der Waals surface area contributed by atoms with Crippen LogP contribution in [-0.4, -0.2) is 26.8 Å². The van der Waals surface area contributed by atoms with Crippen LogP contribution in [0.2, 0.25) is 0 Å². The Kier molecular flexibility index (Phi) is 4.55. The van der Waals surface area contributed by atoms with Gasteiger partial charge in [0.2, 0.25) is 10.0 Å². The van der Waals surface area contributed by atoms with Gasteiger partial charge in [0.05, 0.1) is 4.90 Å². The van der Waals surface area contributed by atoms with Crippen LogP contribution in [0, 0.1) is 5.82 Å². The second-order valence-electron chi connectivity index (χ2n) is 4.55. The Bertz CT molecular complexity index is 761. The molecule has 0 heterocycles. The Morgan fingerprint density at radius 2 is 1.86 bits per heavy atom. The third-order valence-corrected chi connectivity index (χ3v) is 5.66. The van der Waals surface area contributed by atoms with Crippen LogP contribution in [0.4, 0.5) is 10.1 Å². The van der Waals surface area contributed by atoms with Crippen molar-refractivity contribution in [3.05, 3.63) is 48.3 Å². The number of anilines is 1. The van der Waals surface area contributed by atoms with Crippen LogP contribution < -0.4 is 5.73 Å². The van der Waals surface area contributed by atoms with Crippen LogP contribution in [0.15, 0.2) is 57.2 Å². The molecule has 21 heavy (non-hydrogen) atoms. The largest absolute Gasteiger partial charge is 0.398 e. The summed E-state index contributed by atoms with van der Waals surface area (Å²) < 4.78 is 38.6. The highest BCUT2D eigenvalue weighted by Crippen LogP contribution is 2.34. The predicted octanol–water partition coefficient (Wildman–Crippen LogP) is 2.81. The Labute approximate surface area is 127 Å². The normalized spacial score (nSPS) is 11.8. The minimum absolute atomic E-state index is 0.153. The summed E-state index contributed by atoms with van der Waals surface area (Å²) in [5.74, 6) is -0.351. The van der Waals surface area contributed by atoms with Crippen LogP contribution in [-0.2, 0) is 10.0 Å². The minimum atomic E-state index is -3.53. The van der Waals surface area contributed by atoms with E-state index in [1.807, 2.05) is 0 Å². The molecular weight excluding hydrogens is 311 g/mol. The topological polar surface area (TPSA) is 63.4 Å². The van der Waals surface area contributed by atoms with Gasteiger partial charge in [0, 0.05) is 29.6 Å². The quantitative estimate of drug-likeness (QED) is 0.878. The van der Waals surface area contributed by atoms with Crippen LogP contribution in [0.25, 0.3) is 0 Å². The molecular formula is C14H15FN2O2S2. The van der Waals surface area contributed by atoms with E-state index in [1.165, 1.54) is 56.2 Å². The second kappa shape index (κ2) is 6.05. The maximum atomic E-state index is 13.2. The van der Waals surface area contributed by atoms with Gasteiger partial charge < -0.3 is 5.73 Å². The zero-order valence-electron chi connectivity index (χ0n) is 11.6. The van der Waals surface area contributed by atoms with Crippen LogP contribution >= 0.6 is 11.8 Å². The molecule has 2 rings (SSSR count). The van der Waals surface area contributed by atoms with E-state index >= 15 is 0 Å². The maximum absolute atomic E-state index is 13.2. The van der Waals surface area contributed by atoms with Gasteiger partial charge in [0.25, 0.3) is 0 Å². The van der Waals surface area contributed by atoms with Gasteiger partial charge in [-0.05, 0) is 36.4 Å². The molecule has 0 amide bonds. The van der Waals surface area contributed by atoms with E-state index in [-0.39, 0.29) is 10.7 Å². The van der Waals surface area contributed by atoms with E-state index in [0.717, 1.165) is 4.31 Å². The van der Waals surface area contributed by atoms with Crippen LogP contribution in [0.1, 0.15) is 0 Å². The number of nitrogens with zero attached hydrogens (tertiary/aromatic N) is 1. The van der Waals surface area contributed by atoms with Gasteiger partial charge in [-0.25, -0.2) is 17.1 Å². The molecule has 0 aliphatic heterocycles. The van der Waals surface area contributed by atoms with E-state index in [4.69, 9.17) is 5.73 Å². The number of nitrogen functional groups attached to an aromatic ring is 1. The van der Waals surface area contributed by atoms with E-state index in [1.54, 1.807) is 12.1 Å². The number of halogens is 1. The molecule has 0 atom stereocenters. The van der Waals surface area contributed by atoms with Gasteiger partial charge in [-0.3, -0.25) is 0 Å². The maximum Gasteiger partial charge on any atom is 0.242 e. The van der Waals surface area contributed by atoms with Crippen molar-refractivity contribution in [1.82, 2.24) is 4.31 Å². The molecule has 2 aromatic rings. The lowest BCUT2D eigenvalue weighted by atomic mass is 10.3. The molecule has 0 aliphatic carbocycles. The first-order valence-electron chi connectivity index (χ1n) is 6.06. The molecule has 0 radical (unpaired) electrons. The Hall–Kier alpha value is -1.57. The number of hydrogen-bond acceptors (Lipinski definition) is 4. The molecule has 0 aliphatic rings. The molecule has 0 spiro atoms. The number of rotatable bonds is 4. The standard InChI is InChI=1S/C14H15FN2O2S2/c1-17(2)21(18,19)12-6-7-13(16)14(9-12)20-11-5-3-4-10(15)8-11/h3-9H,16H2,1-2H3. The molecule has 7 heteroatoms. The summed E-state index contributed by atoms with van der Waals surface area (Å²) in [5.41, 5.74) is 6.32. The summed E-state index contributed by atoms with van der Waals surface area (Å²) in [5, 5.41) is 0. The molecule has 0 bridgehead atoms. The van der Waals surface area contributed by atoms with Crippen molar-refractivity contribution in [2.75, 3.05) is 19.8 Å². The van der Waals surface area contributed by atoms with Gasteiger partial charge in [-0.2, -0.15) is 0 Å². The predicted molar refractivity (Wildman–Crippen MR) is 82.3 cm³/mol. The molecule has 0 saturated carbocycles. The van der Waals surface area contributed by atoms with E-state index in [0.29, 0.717) is 15.5 Å². The Balaban J connectivity index is 2.41. The summed E-state index contributed by atoms with van der Waals surface area (Å²) in [6, 6.07) is 10.5. The van der Waals surface area contributed by atoms with Gasteiger partial charge in [0.1, 0.15) is 5.82 Å². The summed E-state index contributed by atoms with van der Waals surface area (Å²) >= 11 is 1.22. The van der Waals surface area contributed by atoms with Crippen LogP contribution in [0.3, 0.4) is 0 Å². The average molecular weight is 326 g/mol. The number of benzene rings is 2. The molecule has 2 aromatic carbocycles. The van der Waals surface area contributed by atoms with Crippen molar-refractivity contribution in [1.29, 1.82) is 0 Å². The van der Waals surface area contributed by atoms with Crippen molar-refractivity contribution >= 4 is 27.5 Å². The zero-order chi connectivity index (χ0) is 15.6. The van der Waals surface area contributed by atoms with E-state index in [9.17, 15) is 12.8 Å². The lowest BCUT2D eigenvalue weighted by Gasteiger charge is -2.13. The highest BCUT2D eigenvalue weighted by Gasteiger charge is 2.18. The van der Waals surface area contributed by atoms with Crippen molar-refractivity contribution in [3.63, 3.8) is 0 Å². The van der Waals surface area contributed by atoms with Gasteiger partial charge in [-0.15, -0.1) is 0 Å². The first kappa shape index (κ1) is 15.8. The fourth-order valence-electron chi connectivity index (χ4n) is 1.63. The summed E-state index contributed by atoms with van der Waals surface area (Å²) in [6.45, 7) is 0. The first-order valence-corrected chi connectivity index (χ1v) is 8.32. The smallest absolute Gasteiger partial charge is 0.242 e. The fraction of sp³-hybridized carbons (Fsp3) is 0.143. The van der Waals surface area contributed by atoms with Crippen molar-refractivity contribution in [2.45, 2.75) is 14.7 Å². The van der Waals surface area contributed by atoms with Crippen molar-refractivity contribution < 1.29 is 12.8 Å².